The van der Waals surface area contributed by atoms with Gasteiger partial charge in [-0.05, 0) is 130 Å². The smallest absolute Gasteiger partial charge is 0.410 e. The fourth-order valence-electron chi connectivity index (χ4n) is 12.0. The summed E-state index contributed by atoms with van der Waals surface area (Å²) in [6.07, 6.45) is 14.8. The van der Waals surface area contributed by atoms with E-state index in [4.69, 9.17) is 28.6 Å². The van der Waals surface area contributed by atoms with E-state index in [0.717, 1.165) is 55.5 Å². The molecule has 24 heteroatoms. The van der Waals surface area contributed by atoms with Crippen LogP contribution in [-0.4, -0.2) is 192 Å². The number of benzene rings is 2. The zero-order valence-corrected chi connectivity index (χ0v) is 51.5. The first-order valence-corrected chi connectivity index (χ1v) is 34.8. The van der Waals surface area contributed by atoms with Crippen LogP contribution in [0.5, 0.6) is 0 Å². The number of imidazole rings is 2. The summed E-state index contributed by atoms with van der Waals surface area (Å²) >= 11 is 0. The average Bonchev–Trinajstić information content (AvgIpc) is 4.35. The van der Waals surface area contributed by atoms with E-state index in [1.165, 1.54) is 31.9 Å². The first kappa shape index (κ1) is 60.2. The molecule has 0 aliphatic carbocycles. The maximum Gasteiger partial charge on any atom is 0.410 e. The van der Waals surface area contributed by atoms with E-state index in [1.807, 2.05) is 102 Å². The van der Waals surface area contributed by atoms with Gasteiger partial charge in [0.1, 0.15) is 37.1 Å². The number of hydroxylamine groups is 4. The van der Waals surface area contributed by atoms with Crippen LogP contribution in [-0.2, 0) is 41.6 Å². The Balaban J connectivity index is 0.000000198. The number of hydrogen-bond donors (Lipinski definition) is 0. The zero-order valence-electron chi connectivity index (χ0n) is 49.5. The minimum Gasteiger partial charge on any atom is -0.519 e. The first-order chi connectivity index (χ1) is 39.0. The van der Waals surface area contributed by atoms with Crippen LogP contribution in [0.25, 0.3) is 0 Å². The van der Waals surface area contributed by atoms with Crippen molar-refractivity contribution in [3.8, 4) is 0 Å². The highest BCUT2D eigenvalue weighted by atomic mass is 28.4. The summed E-state index contributed by atoms with van der Waals surface area (Å²) in [5.74, 6) is 1.00. The van der Waals surface area contributed by atoms with E-state index >= 15 is 0 Å². The number of fused-ring (bicyclic) bond motifs is 2. The number of piperidine rings is 4. The highest BCUT2D eigenvalue weighted by Crippen LogP contribution is 2.40. The third-order valence-electron chi connectivity index (χ3n) is 16.1. The first-order valence-electron chi connectivity index (χ1n) is 29.0. The lowest BCUT2D eigenvalue weighted by Gasteiger charge is -2.46. The van der Waals surface area contributed by atoms with Crippen molar-refractivity contribution in [2.45, 2.75) is 180 Å². The molecule has 4 aromatic rings. The summed E-state index contributed by atoms with van der Waals surface area (Å²) in [7, 11) is -4.65. The van der Waals surface area contributed by atoms with Gasteiger partial charge in [0.15, 0.2) is 5.90 Å². The Morgan fingerprint density at radius 2 is 1.07 bits per heavy atom. The predicted molar refractivity (Wildman–Crippen MR) is 311 cm³/mol. The Morgan fingerprint density at radius 1 is 0.622 bits per heavy atom. The lowest BCUT2D eigenvalue weighted by atomic mass is 9.98. The molecule has 8 heterocycles. The van der Waals surface area contributed by atoms with Crippen LogP contribution in [0.1, 0.15) is 104 Å². The summed E-state index contributed by atoms with van der Waals surface area (Å²) in [4.78, 5) is 95.0. The maximum absolute atomic E-state index is 13.9. The molecule has 0 radical (unpaired) electrons. The Kier molecular flexibility index (Phi) is 18.5. The van der Waals surface area contributed by atoms with Crippen LogP contribution in [0.2, 0.25) is 26.2 Å². The molecule has 82 heavy (non-hydrogen) atoms. The van der Waals surface area contributed by atoms with Crippen molar-refractivity contribution in [2.24, 2.45) is 4.99 Å². The second-order valence-corrected chi connectivity index (χ2v) is 32.8. The van der Waals surface area contributed by atoms with Crippen LogP contribution in [0.15, 0.2) is 103 Å². The number of aromatic nitrogens is 4. The third-order valence-corrected chi connectivity index (χ3v) is 22.3. The summed E-state index contributed by atoms with van der Waals surface area (Å²) < 4.78 is 27.5. The number of likely N-dealkylation sites (tertiary alicyclic amines) is 2. The molecule has 6 aliphatic heterocycles. The van der Waals surface area contributed by atoms with E-state index in [1.54, 1.807) is 34.6 Å². The maximum atomic E-state index is 13.9. The third kappa shape index (κ3) is 14.3. The van der Waals surface area contributed by atoms with E-state index < -0.39 is 28.1 Å². The molecular formula is C58H84N12O10Si2. The summed E-state index contributed by atoms with van der Waals surface area (Å²) in [5.41, 5.74) is 0.928. The summed E-state index contributed by atoms with van der Waals surface area (Å²) in [5, 5.41) is 3.01. The Labute approximate surface area is 484 Å². The van der Waals surface area contributed by atoms with Crippen LogP contribution in [0, 0.1) is 0 Å². The Hall–Kier alpha value is -6.45. The molecular weight excluding hydrogens is 1080 g/mol. The molecule has 0 N–H and O–H groups in total. The number of carbonyl (C=O) groups is 5. The Bertz CT molecular complexity index is 2830. The number of amides is 5. The highest BCUT2D eigenvalue weighted by Gasteiger charge is 2.58. The predicted octanol–water partition coefficient (Wildman–Crippen LogP) is 8.71. The second-order valence-electron chi connectivity index (χ2n) is 25.1. The van der Waals surface area contributed by atoms with E-state index in [0.29, 0.717) is 58.7 Å². The molecule has 22 nitrogen and oxygen atoms in total. The van der Waals surface area contributed by atoms with Gasteiger partial charge >= 0.3 is 32.7 Å². The lowest BCUT2D eigenvalue weighted by molar-refractivity contribution is -0.164. The number of carbonyl (C=O) groups excluding carboxylic acids is 5. The summed E-state index contributed by atoms with van der Waals surface area (Å²) in [6.45, 7) is 24.2. The van der Waals surface area contributed by atoms with Crippen molar-refractivity contribution >= 4 is 52.9 Å². The van der Waals surface area contributed by atoms with Gasteiger partial charge in [-0.15, -0.1) is 0 Å². The van der Waals surface area contributed by atoms with Crippen molar-refractivity contribution in [1.29, 1.82) is 0 Å². The van der Waals surface area contributed by atoms with E-state index in [9.17, 15) is 24.0 Å². The standard InChI is InChI=1S/2C29H42N6O5Si/c1-29(2,3)39-28(37)32-16-13-23(14-17-32)31-26-25-12-11-24(19-34(25)41(4,5)40-26)35(27(36)33-18-15-30-21-33)38-20-22-9-7-6-8-10-22;1-29(2,3)40-28(38)31-16-13-23(14-17-31)35-26(36)25-12-11-24(19-33(25)41(35,4)5)34(27(37)32-18-15-30-21-32)39-20-22-9-7-6-8-10-22/h2*6-10,15,18,21,23-25H,11-14,16-17,19-20H2,1-5H3/t2*24-,25+/m11/s1. The van der Waals surface area contributed by atoms with Crippen molar-refractivity contribution < 1.29 is 47.5 Å². The van der Waals surface area contributed by atoms with Gasteiger partial charge in [-0.25, -0.2) is 29.1 Å². The fourth-order valence-corrected chi connectivity index (χ4v) is 18.3. The SMILES string of the molecule is CC(C)(C)OC(=O)N1CCC(N2C(=O)[C@@H]3CC[C@@H](N(OCc4ccccc4)C(=O)n4ccnc4)CN3[Si]2(C)C)CC1.CC(C)(C)OC(=O)N1CCC(N=C2O[Si](C)(C)N3C[C@H](N(OCc4ccccc4)C(=O)n4ccnc4)CC[C@@H]23)CC1. The molecule has 0 spiro atoms. The molecule has 0 bridgehead atoms. The lowest BCUT2D eigenvalue weighted by Crippen LogP contribution is -2.63. The van der Waals surface area contributed by atoms with Gasteiger partial charge in [0.2, 0.25) is 14.3 Å². The van der Waals surface area contributed by atoms with Gasteiger partial charge in [-0.3, -0.25) is 37.7 Å². The average molecular weight is 1170 g/mol. The number of hydrogen-bond acceptors (Lipinski definition) is 15. The highest BCUT2D eigenvalue weighted by molar-refractivity contribution is 6.76. The minimum absolute atomic E-state index is 0.0879. The second kappa shape index (κ2) is 25.2. The zero-order chi connectivity index (χ0) is 58.6. The van der Waals surface area contributed by atoms with Crippen molar-refractivity contribution in [2.75, 3.05) is 39.3 Å². The van der Waals surface area contributed by atoms with E-state index in [-0.39, 0.29) is 73.0 Å². The van der Waals surface area contributed by atoms with Gasteiger partial charge in [-0.2, -0.15) is 10.1 Å². The van der Waals surface area contributed by atoms with Gasteiger partial charge in [0, 0.05) is 70.1 Å². The molecule has 6 aliphatic rings. The van der Waals surface area contributed by atoms with Gasteiger partial charge in [-0.1, -0.05) is 60.7 Å². The quantitative estimate of drug-likeness (QED) is 0.108. The molecule has 4 atom stereocenters. The summed E-state index contributed by atoms with van der Waals surface area (Å²) in [6, 6.07) is 18.8. The molecule has 6 fully saturated rings. The van der Waals surface area contributed by atoms with Crippen LogP contribution in [0.4, 0.5) is 19.2 Å². The molecule has 444 valence electrons. The fraction of sp³-hybridized carbons (Fsp3) is 0.586. The van der Waals surface area contributed by atoms with Crippen LogP contribution in [0.3, 0.4) is 0 Å². The van der Waals surface area contributed by atoms with Crippen molar-refractivity contribution in [3.63, 3.8) is 0 Å². The largest absolute Gasteiger partial charge is 0.519 e. The topological polar surface area (TPSA) is 202 Å². The van der Waals surface area contributed by atoms with Gasteiger partial charge in [0.25, 0.3) is 0 Å². The number of nitrogens with zero attached hydrogens (tertiary/aromatic N) is 12. The monoisotopic (exact) mass is 1160 g/mol. The molecule has 10 rings (SSSR count). The van der Waals surface area contributed by atoms with Crippen molar-refractivity contribution in [3.05, 3.63) is 109 Å². The van der Waals surface area contributed by atoms with Crippen molar-refractivity contribution in [1.82, 2.24) is 52.7 Å². The normalized spacial score (nSPS) is 23.8. The minimum atomic E-state index is -2.38. The van der Waals surface area contributed by atoms with Crippen LogP contribution < -0.4 is 0 Å². The van der Waals surface area contributed by atoms with Crippen LogP contribution >= 0.6 is 0 Å². The molecule has 6 saturated heterocycles. The van der Waals surface area contributed by atoms with Gasteiger partial charge in [0.05, 0.1) is 30.2 Å². The molecule has 5 amide bonds. The molecule has 2 aromatic heterocycles. The van der Waals surface area contributed by atoms with E-state index in [2.05, 4.69) is 49.9 Å². The number of ether oxygens (including phenoxy) is 2. The number of rotatable bonds is 10. The number of aliphatic imine (C=N–C) groups is 1. The molecule has 2 aromatic carbocycles. The molecule has 0 unspecified atom stereocenters. The molecule has 0 saturated carbocycles. The Morgan fingerprint density at radius 3 is 1.52 bits per heavy atom. The van der Waals surface area contributed by atoms with Gasteiger partial charge < -0.3 is 28.3 Å².